The Bertz CT molecular complexity index is 598. The first-order chi connectivity index (χ1) is 10.6. The van der Waals surface area contributed by atoms with E-state index in [2.05, 4.69) is 0 Å². The Labute approximate surface area is 127 Å². The highest BCUT2D eigenvalue weighted by molar-refractivity contribution is 6.20. The van der Waals surface area contributed by atoms with Gasteiger partial charge in [0.2, 0.25) is 0 Å². The number of nitrogens with zero attached hydrogens (tertiary/aromatic N) is 1. The van der Waals surface area contributed by atoms with Crippen LogP contribution in [0.1, 0.15) is 46.9 Å². The highest BCUT2D eigenvalue weighted by atomic mass is 16.7. The van der Waals surface area contributed by atoms with Gasteiger partial charge in [0.1, 0.15) is 0 Å². The minimum Gasteiger partial charge on any atom is -0.381 e. The molecule has 2 aliphatic heterocycles. The van der Waals surface area contributed by atoms with E-state index in [4.69, 9.17) is 9.57 Å². The summed E-state index contributed by atoms with van der Waals surface area (Å²) in [7, 11) is 0. The molecule has 0 unspecified atom stereocenters. The lowest BCUT2D eigenvalue weighted by Crippen LogP contribution is -2.43. The maximum Gasteiger partial charge on any atom is 0.339 e. The smallest absolute Gasteiger partial charge is 0.339 e. The second-order valence-electron chi connectivity index (χ2n) is 5.58. The quantitative estimate of drug-likeness (QED) is 0.798. The lowest BCUT2D eigenvalue weighted by Gasteiger charge is -2.34. The van der Waals surface area contributed by atoms with Gasteiger partial charge in [-0.15, -0.1) is 0 Å². The maximum absolute atomic E-state index is 12.5. The number of rotatable bonds is 3. The number of benzene rings is 1. The van der Waals surface area contributed by atoms with Crippen LogP contribution in [0.25, 0.3) is 0 Å². The number of carbonyl (C=O) groups is 3. The number of hydrogen-bond acceptors (Lipinski definition) is 5. The molecule has 6 nitrogen and oxygen atoms in total. The van der Waals surface area contributed by atoms with E-state index in [0.717, 1.165) is 0 Å². The zero-order chi connectivity index (χ0) is 15.7. The van der Waals surface area contributed by atoms with E-state index in [1.807, 2.05) is 6.92 Å². The molecule has 2 aliphatic rings. The number of ether oxygens (including phenoxy) is 1. The first-order valence-electron chi connectivity index (χ1n) is 7.37. The van der Waals surface area contributed by atoms with Gasteiger partial charge in [-0.05, 0) is 31.4 Å². The van der Waals surface area contributed by atoms with Crippen molar-refractivity contribution in [3.8, 4) is 0 Å². The largest absolute Gasteiger partial charge is 0.381 e. The van der Waals surface area contributed by atoms with Crippen LogP contribution < -0.4 is 0 Å². The van der Waals surface area contributed by atoms with E-state index in [9.17, 15) is 14.4 Å². The fraction of sp³-hybridized carbons (Fsp3) is 0.438. The summed E-state index contributed by atoms with van der Waals surface area (Å²) < 4.78 is 5.28. The summed E-state index contributed by atoms with van der Waals surface area (Å²) in [4.78, 5) is 42.2. The van der Waals surface area contributed by atoms with Gasteiger partial charge in [-0.3, -0.25) is 9.59 Å². The number of hydrogen-bond donors (Lipinski definition) is 0. The normalized spacial score (nSPS) is 20.0. The Kier molecular flexibility index (Phi) is 3.70. The fourth-order valence-electron chi connectivity index (χ4n) is 2.89. The van der Waals surface area contributed by atoms with Crippen LogP contribution in [0.15, 0.2) is 24.3 Å². The molecule has 1 aromatic rings. The van der Waals surface area contributed by atoms with E-state index in [-0.39, 0.29) is 11.1 Å². The number of imide groups is 1. The Morgan fingerprint density at radius 2 is 1.73 bits per heavy atom. The molecule has 0 aromatic heterocycles. The number of hydroxylamine groups is 2. The minimum absolute atomic E-state index is 0.262. The van der Waals surface area contributed by atoms with Crippen LogP contribution in [0, 0.1) is 5.41 Å². The Morgan fingerprint density at radius 1 is 1.18 bits per heavy atom. The third-order valence-corrected chi connectivity index (χ3v) is 4.49. The second-order valence-corrected chi connectivity index (χ2v) is 5.58. The van der Waals surface area contributed by atoms with Crippen LogP contribution in [0.3, 0.4) is 0 Å². The maximum atomic E-state index is 12.5. The summed E-state index contributed by atoms with van der Waals surface area (Å²) in [6.07, 6.45) is 1.65. The van der Waals surface area contributed by atoms with Gasteiger partial charge in [-0.1, -0.05) is 24.1 Å². The molecular formula is C16H17NO5. The van der Waals surface area contributed by atoms with Crippen molar-refractivity contribution in [1.82, 2.24) is 5.06 Å². The average molecular weight is 303 g/mol. The van der Waals surface area contributed by atoms with Crippen LogP contribution in [0.2, 0.25) is 0 Å². The van der Waals surface area contributed by atoms with E-state index in [0.29, 0.717) is 37.5 Å². The molecule has 2 amide bonds. The third-order valence-electron chi connectivity index (χ3n) is 4.49. The summed E-state index contributed by atoms with van der Waals surface area (Å²) in [5.41, 5.74) is -0.163. The second kappa shape index (κ2) is 5.53. The molecule has 116 valence electrons. The van der Waals surface area contributed by atoms with Crippen molar-refractivity contribution < 1.29 is 24.0 Å². The van der Waals surface area contributed by atoms with Gasteiger partial charge in [-0.25, -0.2) is 4.79 Å². The zero-order valence-electron chi connectivity index (χ0n) is 12.3. The molecule has 0 atom stereocenters. The van der Waals surface area contributed by atoms with Gasteiger partial charge in [0.05, 0.1) is 16.5 Å². The van der Waals surface area contributed by atoms with Gasteiger partial charge >= 0.3 is 5.97 Å². The molecule has 0 bridgehead atoms. The van der Waals surface area contributed by atoms with Crippen molar-refractivity contribution in [1.29, 1.82) is 0 Å². The van der Waals surface area contributed by atoms with Gasteiger partial charge < -0.3 is 9.57 Å². The van der Waals surface area contributed by atoms with Gasteiger partial charge in [0, 0.05) is 13.2 Å². The molecular weight excluding hydrogens is 286 g/mol. The van der Waals surface area contributed by atoms with Gasteiger partial charge in [0.25, 0.3) is 11.8 Å². The van der Waals surface area contributed by atoms with Crippen molar-refractivity contribution in [2.75, 3.05) is 13.2 Å². The van der Waals surface area contributed by atoms with Crippen molar-refractivity contribution in [3.05, 3.63) is 35.4 Å². The standard InChI is InChI=1S/C16H17NO5/c1-2-16(7-9-21-10-8-16)15(20)22-17-13(18)11-5-3-4-6-12(11)14(17)19/h3-6H,2,7-10H2,1H3. The van der Waals surface area contributed by atoms with E-state index >= 15 is 0 Å². The molecule has 2 heterocycles. The summed E-state index contributed by atoms with van der Waals surface area (Å²) in [6.45, 7) is 2.85. The summed E-state index contributed by atoms with van der Waals surface area (Å²) in [5, 5.41) is 0.583. The molecule has 22 heavy (non-hydrogen) atoms. The third kappa shape index (κ3) is 2.20. The average Bonchev–Trinajstić information content (AvgIpc) is 2.81. The zero-order valence-corrected chi connectivity index (χ0v) is 12.3. The lowest BCUT2D eigenvalue weighted by atomic mass is 9.78. The van der Waals surface area contributed by atoms with Crippen LogP contribution in [0.4, 0.5) is 0 Å². The topological polar surface area (TPSA) is 72.9 Å². The van der Waals surface area contributed by atoms with Crippen molar-refractivity contribution in [3.63, 3.8) is 0 Å². The van der Waals surface area contributed by atoms with Crippen LogP contribution >= 0.6 is 0 Å². The molecule has 1 saturated heterocycles. The predicted molar refractivity (Wildman–Crippen MR) is 75.8 cm³/mol. The lowest BCUT2D eigenvalue weighted by molar-refractivity contribution is -0.187. The Hall–Kier alpha value is -2.21. The number of amides is 2. The van der Waals surface area contributed by atoms with Gasteiger partial charge in [-0.2, -0.15) is 0 Å². The van der Waals surface area contributed by atoms with E-state index < -0.39 is 23.2 Å². The molecule has 0 spiro atoms. The summed E-state index contributed by atoms with van der Waals surface area (Å²) in [5.74, 6) is -1.72. The first-order valence-corrected chi connectivity index (χ1v) is 7.37. The van der Waals surface area contributed by atoms with Gasteiger partial charge in [0.15, 0.2) is 0 Å². The van der Waals surface area contributed by atoms with Crippen molar-refractivity contribution in [2.24, 2.45) is 5.41 Å². The van der Waals surface area contributed by atoms with Crippen LogP contribution in [-0.2, 0) is 14.4 Å². The monoisotopic (exact) mass is 303 g/mol. The van der Waals surface area contributed by atoms with E-state index in [1.54, 1.807) is 24.3 Å². The Balaban J connectivity index is 1.81. The van der Waals surface area contributed by atoms with Crippen LogP contribution in [0.5, 0.6) is 0 Å². The van der Waals surface area contributed by atoms with Crippen LogP contribution in [-0.4, -0.2) is 36.1 Å². The SMILES string of the molecule is CCC1(C(=O)ON2C(=O)c3ccccc3C2=O)CCOCC1. The van der Waals surface area contributed by atoms with Crippen molar-refractivity contribution in [2.45, 2.75) is 26.2 Å². The molecule has 0 N–H and O–H groups in total. The number of fused-ring (bicyclic) bond motifs is 1. The summed E-state index contributed by atoms with van der Waals surface area (Å²) >= 11 is 0. The van der Waals surface area contributed by atoms with Crippen molar-refractivity contribution >= 4 is 17.8 Å². The molecule has 3 rings (SSSR count). The fourth-order valence-corrected chi connectivity index (χ4v) is 2.89. The highest BCUT2D eigenvalue weighted by Crippen LogP contribution is 2.36. The molecule has 0 saturated carbocycles. The molecule has 1 fully saturated rings. The Morgan fingerprint density at radius 3 is 2.23 bits per heavy atom. The van der Waals surface area contributed by atoms with E-state index in [1.165, 1.54) is 0 Å². The molecule has 0 radical (unpaired) electrons. The summed E-state index contributed by atoms with van der Waals surface area (Å²) in [6, 6.07) is 6.43. The highest BCUT2D eigenvalue weighted by Gasteiger charge is 2.45. The first kappa shape index (κ1) is 14.7. The molecule has 1 aromatic carbocycles. The molecule has 0 aliphatic carbocycles. The predicted octanol–water partition coefficient (Wildman–Crippen LogP) is 1.95. The molecule has 6 heteroatoms. The number of carbonyl (C=O) groups excluding carboxylic acids is 3. The minimum atomic E-state index is -0.687.